The lowest BCUT2D eigenvalue weighted by Gasteiger charge is -2.40. The number of hydrogen-bond acceptors (Lipinski definition) is 4. The molecule has 5 nitrogen and oxygen atoms in total. The van der Waals surface area contributed by atoms with E-state index in [-0.39, 0.29) is 23.5 Å². The normalized spacial score (nSPS) is 21.5. The lowest BCUT2D eigenvalue weighted by molar-refractivity contribution is -0.143. The lowest BCUT2D eigenvalue weighted by atomic mass is 9.85. The van der Waals surface area contributed by atoms with E-state index in [1.54, 1.807) is 4.90 Å². The fraction of sp³-hybridized carbons (Fsp3) is 0.519. The highest BCUT2D eigenvalue weighted by Gasteiger charge is 2.38. The number of carbonyl (C=O) groups is 1. The van der Waals surface area contributed by atoms with Crippen molar-refractivity contribution in [1.82, 2.24) is 15.1 Å². The van der Waals surface area contributed by atoms with Crippen molar-refractivity contribution in [1.29, 1.82) is 0 Å². The van der Waals surface area contributed by atoms with Gasteiger partial charge < -0.3 is 15.0 Å². The summed E-state index contributed by atoms with van der Waals surface area (Å²) in [7, 11) is 0. The van der Waals surface area contributed by atoms with Crippen LogP contribution in [0.3, 0.4) is 0 Å². The van der Waals surface area contributed by atoms with Crippen molar-refractivity contribution in [3.05, 3.63) is 70.3 Å². The number of nitrogens with zero attached hydrogens (tertiary/aromatic N) is 2. The first-order chi connectivity index (χ1) is 17.9. The first kappa shape index (κ1) is 28.4. The predicted octanol–water partition coefficient (Wildman–Crippen LogP) is 4.84. The van der Waals surface area contributed by atoms with Gasteiger partial charge in [-0.2, -0.15) is 26.3 Å². The van der Waals surface area contributed by atoms with Gasteiger partial charge in [-0.15, -0.1) is 0 Å². The summed E-state index contributed by atoms with van der Waals surface area (Å²) in [4.78, 5) is 17.0. The number of halogens is 6. The van der Waals surface area contributed by atoms with Crippen LogP contribution in [-0.4, -0.2) is 67.6 Å². The highest BCUT2D eigenvalue weighted by molar-refractivity contribution is 5.78. The zero-order valence-electron chi connectivity index (χ0n) is 21.0. The Morgan fingerprint density at radius 2 is 1.61 bits per heavy atom. The molecule has 0 bridgehead atoms. The maximum absolute atomic E-state index is 13.3. The number of amides is 1. The van der Waals surface area contributed by atoms with E-state index in [1.807, 2.05) is 31.2 Å². The van der Waals surface area contributed by atoms with Gasteiger partial charge in [0.1, 0.15) is 0 Å². The first-order valence-corrected chi connectivity index (χ1v) is 12.6. The SMILES string of the molecule is Cc1ccccc1[C@@H]1CN(C(=O)CN2CCNCC2)CC[C@@H]1OCc1cc(C(F)(F)F)cc(C(F)(F)F)c1. The largest absolute Gasteiger partial charge is 0.416 e. The predicted molar refractivity (Wildman–Crippen MR) is 129 cm³/mol. The van der Waals surface area contributed by atoms with Gasteiger partial charge in [-0.05, 0) is 48.2 Å². The molecule has 2 aliphatic rings. The summed E-state index contributed by atoms with van der Waals surface area (Å²) in [6.45, 7) is 5.78. The molecule has 38 heavy (non-hydrogen) atoms. The average Bonchev–Trinajstić information content (AvgIpc) is 2.87. The average molecular weight is 544 g/mol. The van der Waals surface area contributed by atoms with Gasteiger partial charge in [-0.1, -0.05) is 24.3 Å². The van der Waals surface area contributed by atoms with Crippen LogP contribution < -0.4 is 5.32 Å². The molecule has 4 rings (SSSR count). The lowest BCUT2D eigenvalue weighted by Crippen LogP contribution is -2.51. The van der Waals surface area contributed by atoms with E-state index in [1.165, 1.54) is 0 Å². The molecule has 0 aliphatic carbocycles. The first-order valence-electron chi connectivity index (χ1n) is 12.6. The summed E-state index contributed by atoms with van der Waals surface area (Å²) in [6, 6.07) is 9.11. The molecule has 2 aliphatic heterocycles. The number of alkyl halides is 6. The van der Waals surface area contributed by atoms with Crippen molar-refractivity contribution in [2.75, 3.05) is 45.8 Å². The smallest absolute Gasteiger partial charge is 0.373 e. The second kappa shape index (κ2) is 11.6. The molecule has 1 amide bonds. The molecule has 1 N–H and O–H groups in total. The third-order valence-corrected chi connectivity index (χ3v) is 7.17. The molecule has 2 fully saturated rings. The second-order valence-corrected chi connectivity index (χ2v) is 9.88. The van der Waals surface area contributed by atoms with Crippen LogP contribution in [-0.2, 0) is 28.5 Å². The third-order valence-electron chi connectivity index (χ3n) is 7.17. The summed E-state index contributed by atoms with van der Waals surface area (Å²) >= 11 is 0. The van der Waals surface area contributed by atoms with Crippen molar-refractivity contribution >= 4 is 5.91 Å². The molecule has 0 radical (unpaired) electrons. The van der Waals surface area contributed by atoms with Crippen molar-refractivity contribution < 1.29 is 35.9 Å². The molecule has 2 saturated heterocycles. The number of aryl methyl sites for hydroxylation is 1. The highest BCUT2D eigenvalue weighted by Crippen LogP contribution is 2.37. The Bertz CT molecular complexity index is 1080. The van der Waals surface area contributed by atoms with Crippen LogP contribution in [0.25, 0.3) is 0 Å². The molecule has 2 aromatic carbocycles. The van der Waals surface area contributed by atoms with Crippen molar-refractivity contribution in [3.8, 4) is 0 Å². The summed E-state index contributed by atoms with van der Waals surface area (Å²) < 4.78 is 85.8. The molecule has 11 heteroatoms. The Labute approximate surface area is 217 Å². The maximum atomic E-state index is 13.3. The summed E-state index contributed by atoms with van der Waals surface area (Å²) in [5, 5.41) is 3.25. The Morgan fingerprint density at radius 3 is 2.21 bits per heavy atom. The number of rotatable bonds is 6. The molecule has 0 unspecified atom stereocenters. The van der Waals surface area contributed by atoms with E-state index in [0.29, 0.717) is 38.2 Å². The molecule has 0 saturated carbocycles. The topological polar surface area (TPSA) is 44.8 Å². The number of ether oxygens (including phenoxy) is 1. The van der Waals surface area contributed by atoms with Gasteiger partial charge in [0.2, 0.25) is 5.91 Å². The monoisotopic (exact) mass is 543 g/mol. The minimum atomic E-state index is -4.92. The molecule has 208 valence electrons. The summed E-state index contributed by atoms with van der Waals surface area (Å²) in [5.74, 6) is -0.276. The van der Waals surface area contributed by atoms with Gasteiger partial charge >= 0.3 is 12.4 Å². The molecule has 2 aromatic rings. The molecule has 0 aromatic heterocycles. The van der Waals surface area contributed by atoms with Crippen molar-refractivity contribution in [2.45, 2.75) is 44.3 Å². The van der Waals surface area contributed by atoms with Crippen LogP contribution >= 0.6 is 0 Å². The van der Waals surface area contributed by atoms with Crippen LogP contribution in [0.2, 0.25) is 0 Å². The van der Waals surface area contributed by atoms with E-state index < -0.39 is 36.2 Å². The molecule has 2 heterocycles. The minimum absolute atomic E-state index is 0.00312. The van der Waals surface area contributed by atoms with Crippen LogP contribution in [0.4, 0.5) is 26.3 Å². The third kappa shape index (κ3) is 7.06. The number of piperidine rings is 1. The van der Waals surface area contributed by atoms with E-state index >= 15 is 0 Å². The van der Waals surface area contributed by atoms with Gasteiger partial charge in [0, 0.05) is 45.2 Å². The zero-order chi connectivity index (χ0) is 27.5. The Hall–Kier alpha value is -2.63. The minimum Gasteiger partial charge on any atom is -0.373 e. The van der Waals surface area contributed by atoms with Gasteiger partial charge in [-0.3, -0.25) is 9.69 Å². The highest BCUT2D eigenvalue weighted by atomic mass is 19.4. The standard InChI is InChI=1S/C27H31F6N3O2/c1-18-4-2-3-5-22(18)23-15-36(25(37)16-35-10-7-34-8-11-35)9-6-24(23)38-17-19-12-20(26(28,29)30)14-21(13-19)27(31,32)33/h2-5,12-14,23-24,34H,6-11,15-17H2,1H3/t23-,24-/m0/s1. The molecular formula is C27H31F6N3O2. The van der Waals surface area contributed by atoms with Crippen LogP contribution in [0.1, 0.15) is 40.2 Å². The van der Waals surface area contributed by atoms with E-state index in [4.69, 9.17) is 4.74 Å². The van der Waals surface area contributed by atoms with E-state index in [0.717, 1.165) is 37.3 Å². The molecular weight excluding hydrogens is 512 g/mol. The van der Waals surface area contributed by atoms with Crippen molar-refractivity contribution in [2.24, 2.45) is 0 Å². The number of piperazine rings is 1. The maximum Gasteiger partial charge on any atom is 0.416 e. The van der Waals surface area contributed by atoms with Crippen LogP contribution in [0.5, 0.6) is 0 Å². The summed E-state index contributed by atoms with van der Waals surface area (Å²) in [6.07, 6.45) is -9.91. The fourth-order valence-corrected chi connectivity index (χ4v) is 5.12. The number of hydrogen-bond donors (Lipinski definition) is 1. The summed E-state index contributed by atoms with van der Waals surface area (Å²) in [5.41, 5.74) is -1.02. The Kier molecular flexibility index (Phi) is 8.68. The van der Waals surface area contributed by atoms with Gasteiger partial charge in [0.25, 0.3) is 0 Å². The zero-order valence-corrected chi connectivity index (χ0v) is 21.0. The number of nitrogens with one attached hydrogen (secondary N) is 1. The van der Waals surface area contributed by atoms with Gasteiger partial charge in [-0.25, -0.2) is 0 Å². The Balaban J connectivity index is 1.52. The second-order valence-electron chi connectivity index (χ2n) is 9.88. The number of benzene rings is 2. The van der Waals surface area contributed by atoms with Crippen LogP contribution in [0, 0.1) is 6.92 Å². The quantitative estimate of drug-likeness (QED) is 0.530. The van der Waals surface area contributed by atoms with Gasteiger partial charge in [0.05, 0.1) is 30.4 Å². The van der Waals surface area contributed by atoms with Crippen LogP contribution in [0.15, 0.2) is 42.5 Å². The van der Waals surface area contributed by atoms with Gasteiger partial charge in [0.15, 0.2) is 0 Å². The number of likely N-dealkylation sites (tertiary alicyclic amines) is 1. The van der Waals surface area contributed by atoms with Crippen molar-refractivity contribution in [3.63, 3.8) is 0 Å². The fourth-order valence-electron chi connectivity index (χ4n) is 5.12. The molecule has 0 spiro atoms. The number of carbonyl (C=O) groups excluding carboxylic acids is 1. The van der Waals surface area contributed by atoms with E-state index in [9.17, 15) is 31.1 Å². The Morgan fingerprint density at radius 1 is 0.974 bits per heavy atom. The van der Waals surface area contributed by atoms with E-state index in [2.05, 4.69) is 10.2 Å². The molecule has 2 atom stereocenters.